The van der Waals surface area contributed by atoms with Crippen molar-refractivity contribution in [2.75, 3.05) is 31.2 Å². The van der Waals surface area contributed by atoms with Gasteiger partial charge in [-0.25, -0.2) is 0 Å². The molecular weight excluding hydrogens is 428 g/mol. The Morgan fingerprint density at radius 3 is 2.45 bits per heavy atom. The van der Waals surface area contributed by atoms with Crippen LogP contribution >= 0.6 is 23.2 Å². The number of hydrogen-bond acceptors (Lipinski definition) is 3. The summed E-state index contributed by atoms with van der Waals surface area (Å²) in [4.78, 5) is 17.3. The van der Waals surface area contributed by atoms with Gasteiger partial charge in [0.15, 0.2) is 0 Å². The summed E-state index contributed by atoms with van der Waals surface area (Å²) >= 11 is 13.0. The molecule has 1 fully saturated rings. The third-order valence-electron chi connectivity index (χ3n) is 4.85. The maximum atomic E-state index is 13.4. The number of H-pyrrole nitrogens is 1. The number of fused-ring (bicyclic) bond motifs is 1. The van der Waals surface area contributed by atoms with Gasteiger partial charge in [0.2, 0.25) is 0 Å². The zero-order valence-electron chi connectivity index (χ0n) is 14.9. The van der Waals surface area contributed by atoms with Crippen LogP contribution in [0.4, 0.5) is 18.9 Å². The summed E-state index contributed by atoms with van der Waals surface area (Å²) in [6, 6.07) is 8.08. The summed E-state index contributed by atoms with van der Waals surface area (Å²) in [7, 11) is 0. The first-order valence-electron chi connectivity index (χ1n) is 8.81. The normalized spacial score (nSPS) is 15.1. The van der Waals surface area contributed by atoms with E-state index in [0.717, 1.165) is 6.07 Å². The zero-order chi connectivity index (χ0) is 20.8. The molecule has 1 aliphatic heterocycles. The highest BCUT2D eigenvalue weighted by atomic mass is 35.5. The summed E-state index contributed by atoms with van der Waals surface area (Å²) in [5.74, 6) is 0. The number of hydrogen-bond donors (Lipinski definition) is 1. The highest BCUT2D eigenvalue weighted by Gasteiger charge is 2.33. The fraction of sp³-hybridized carbons (Fsp3) is 0.250. The molecule has 0 unspecified atom stereocenters. The van der Waals surface area contributed by atoms with Gasteiger partial charge in [0.1, 0.15) is 0 Å². The Kier molecular flexibility index (Phi) is 5.23. The lowest BCUT2D eigenvalue weighted by Gasteiger charge is -2.30. The molecule has 152 valence electrons. The number of nitrogens with one attached hydrogen (secondary N) is 1. The van der Waals surface area contributed by atoms with Crippen LogP contribution in [0, 0.1) is 0 Å². The lowest BCUT2D eigenvalue weighted by atomic mass is 10.0. The Hall–Kier alpha value is -2.22. The number of aromatic nitrogens is 1. The summed E-state index contributed by atoms with van der Waals surface area (Å²) in [6.45, 7) is 2.15. The molecule has 4 nitrogen and oxygen atoms in total. The molecule has 1 saturated heterocycles. The molecule has 4 rings (SSSR count). The van der Waals surface area contributed by atoms with E-state index in [9.17, 15) is 18.0 Å². The second-order valence-electron chi connectivity index (χ2n) is 6.64. The van der Waals surface area contributed by atoms with Gasteiger partial charge in [-0.3, -0.25) is 4.79 Å². The standard InChI is InChI=1S/C20H15Cl2F3N2O2/c21-14-9-11-10-15(12-3-1-2-4-13(12)20(23,24)25)26-19(28)16(11)17(22)18(14)27-5-7-29-8-6-27/h1-4,9-10H,5-8H2,(H,26,28). The first-order chi connectivity index (χ1) is 13.8. The van der Waals surface area contributed by atoms with Crippen LogP contribution in [0.1, 0.15) is 5.56 Å². The lowest BCUT2D eigenvalue weighted by Crippen LogP contribution is -2.36. The van der Waals surface area contributed by atoms with Crippen LogP contribution < -0.4 is 10.5 Å². The Morgan fingerprint density at radius 2 is 1.76 bits per heavy atom. The molecule has 0 saturated carbocycles. The second-order valence-corrected chi connectivity index (χ2v) is 7.43. The Balaban J connectivity index is 1.91. The van der Waals surface area contributed by atoms with Gasteiger partial charge in [-0.15, -0.1) is 0 Å². The first kappa shape index (κ1) is 20.1. The van der Waals surface area contributed by atoms with Crippen LogP contribution in [0.5, 0.6) is 0 Å². The van der Waals surface area contributed by atoms with Gasteiger partial charge >= 0.3 is 6.18 Å². The number of benzene rings is 2. The Labute approximate surface area is 173 Å². The van der Waals surface area contributed by atoms with Crippen molar-refractivity contribution < 1.29 is 17.9 Å². The molecule has 0 atom stereocenters. The van der Waals surface area contributed by atoms with E-state index >= 15 is 0 Å². The maximum absolute atomic E-state index is 13.4. The molecular formula is C20H15Cl2F3N2O2. The summed E-state index contributed by atoms with van der Waals surface area (Å²) < 4.78 is 45.5. The number of halogens is 5. The molecule has 29 heavy (non-hydrogen) atoms. The quantitative estimate of drug-likeness (QED) is 0.581. The molecule has 1 N–H and O–H groups in total. The molecule has 0 amide bonds. The van der Waals surface area contributed by atoms with E-state index < -0.39 is 17.3 Å². The molecule has 0 radical (unpaired) electrons. The number of rotatable bonds is 2. The average Bonchev–Trinajstić information content (AvgIpc) is 2.67. The minimum Gasteiger partial charge on any atom is -0.378 e. The van der Waals surface area contributed by atoms with Gasteiger partial charge in [-0.05, 0) is 23.6 Å². The minimum absolute atomic E-state index is 0.0432. The monoisotopic (exact) mass is 442 g/mol. The SMILES string of the molecule is O=c1[nH]c(-c2ccccc2C(F)(F)F)cc2cc(Cl)c(N3CCOCC3)c(Cl)c12. The van der Waals surface area contributed by atoms with Crippen LogP contribution in [0.15, 0.2) is 41.2 Å². The van der Waals surface area contributed by atoms with E-state index in [0.29, 0.717) is 42.4 Å². The predicted molar refractivity (Wildman–Crippen MR) is 108 cm³/mol. The summed E-state index contributed by atoms with van der Waals surface area (Å²) in [5.41, 5.74) is -0.967. The van der Waals surface area contributed by atoms with Crippen molar-refractivity contribution in [3.63, 3.8) is 0 Å². The fourth-order valence-electron chi connectivity index (χ4n) is 3.54. The van der Waals surface area contributed by atoms with E-state index in [1.54, 1.807) is 6.07 Å². The van der Waals surface area contributed by atoms with Crippen molar-refractivity contribution in [2.24, 2.45) is 0 Å². The molecule has 2 heterocycles. The topological polar surface area (TPSA) is 45.3 Å². The molecule has 2 aromatic carbocycles. The van der Waals surface area contributed by atoms with E-state index in [1.807, 2.05) is 4.90 Å². The number of aromatic amines is 1. The van der Waals surface area contributed by atoms with Gasteiger partial charge in [0, 0.05) is 24.3 Å². The van der Waals surface area contributed by atoms with Gasteiger partial charge in [-0.2, -0.15) is 13.2 Å². The van der Waals surface area contributed by atoms with Crippen molar-refractivity contribution >= 4 is 39.7 Å². The van der Waals surface area contributed by atoms with Crippen molar-refractivity contribution in [1.82, 2.24) is 4.98 Å². The summed E-state index contributed by atoms with van der Waals surface area (Å²) in [5, 5.41) is 1.05. The van der Waals surface area contributed by atoms with Crippen LogP contribution in [0.3, 0.4) is 0 Å². The molecule has 0 bridgehead atoms. The van der Waals surface area contributed by atoms with Crippen LogP contribution in [-0.2, 0) is 10.9 Å². The smallest absolute Gasteiger partial charge is 0.378 e. The van der Waals surface area contributed by atoms with E-state index in [4.69, 9.17) is 27.9 Å². The largest absolute Gasteiger partial charge is 0.417 e. The average molecular weight is 443 g/mol. The van der Waals surface area contributed by atoms with Gasteiger partial charge in [-0.1, -0.05) is 41.4 Å². The maximum Gasteiger partial charge on any atom is 0.417 e. The van der Waals surface area contributed by atoms with Crippen LogP contribution in [0.25, 0.3) is 22.0 Å². The summed E-state index contributed by atoms with van der Waals surface area (Å²) in [6.07, 6.45) is -4.56. The number of morpholine rings is 1. The Bertz CT molecular complexity index is 1140. The third-order valence-corrected chi connectivity index (χ3v) is 5.51. The fourth-order valence-corrected chi connectivity index (χ4v) is 4.33. The number of nitrogens with zero attached hydrogens (tertiary/aromatic N) is 1. The van der Waals surface area contributed by atoms with Crippen molar-refractivity contribution in [1.29, 1.82) is 0 Å². The molecule has 9 heteroatoms. The first-order valence-corrected chi connectivity index (χ1v) is 9.57. The predicted octanol–water partition coefficient (Wildman–Crippen LogP) is 5.36. The Morgan fingerprint density at radius 1 is 1.07 bits per heavy atom. The third kappa shape index (κ3) is 3.70. The highest BCUT2D eigenvalue weighted by molar-refractivity contribution is 6.43. The highest BCUT2D eigenvalue weighted by Crippen LogP contribution is 2.41. The minimum atomic E-state index is -4.56. The zero-order valence-corrected chi connectivity index (χ0v) is 16.5. The molecule has 0 aliphatic carbocycles. The molecule has 3 aromatic rings. The number of alkyl halides is 3. The molecule has 1 aromatic heterocycles. The number of anilines is 1. The van der Waals surface area contributed by atoms with Crippen LogP contribution in [0.2, 0.25) is 10.0 Å². The van der Waals surface area contributed by atoms with E-state index in [2.05, 4.69) is 4.98 Å². The van der Waals surface area contributed by atoms with E-state index in [1.165, 1.54) is 24.3 Å². The second kappa shape index (κ2) is 7.55. The van der Waals surface area contributed by atoms with Crippen LogP contribution in [-0.4, -0.2) is 31.3 Å². The van der Waals surface area contributed by atoms with Gasteiger partial charge in [0.05, 0.1) is 39.9 Å². The van der Waals surface area contributed by atoms with Crippen molar-refractivity contribution in [3.8, 4) is 11.3 Å². The number of ether oxygens (including phenoxy) is 1. The molecule has 1 aliphatic rings. The number of pyridine rings is 1. The lowest BCUT2D eigenvalue weighted by molar-refractivity contribution is -0.137. The van der Waals surface area contributed by atoms with Crippen molar-refractivity contribution in [2.45, 2.75) is 6.18 Å². The van der Waals surface area contributed by atoms with Gasteiger partial charge < -0.3 is 14.6 Å². The van der Waals surface area contributed by atoms with E-state index in [-0.39, 0.29) is 21.7 Å². The molecule has 0 spiro atoms. The van der Waals surface area contributed by atoms with Gasteiger partial charge in [0.25, 0.3) is 5.56 Å². The van der Waals surface area contributed by atoms with Crippen molar-refractivity contribution in [3.05, 3.63) is 62.4 Å².